The fourth-order valence-corrected chi connectivity index (χ4v) is 0.827. The monoisotopic (exact) mass is 168 g/mol. The van der Waals surface area contributed by atoms with Crippen LogP contribution in [0.1, 0.15) is 10.5 Å². The van der Waals surface area contributed by atoms with Crippen LogP contribution in [0.15, 0.2) is 12.3 Å². The van der Waals surface area contributed by atoms with Crippen molar-refractivity contribution in [2.45, 2.75) is 6.54 Å². The SMILES string of the molecule is COC(=O)c1ccnn1CC=O. The van der Waals surface area contributed by atoms with Crippen molar-refractivity contribution < 1.29 is 14.3 Å². The van der Waals surface area contributed by atoms with Crippen LogP contribution < -0.4 is 0 Å². The van der Waals surface area contributed by atoms with Gasteiger partial charge in [0.2, 0.25) is 0 Å². The first-order valence-electron chi connectivity index (χ1n) is 3.33. The van der Waals surface area contributed by atoms with Crippen molar-refractivity contribution in [1.29, 1.82) is 0 Å². The summed E-state index contributed by atoms with van der Waals surface area (Å²) in [6.07, 6.45) is 2.11. The van der Waals surface area contributed by atoms with Crippen LogP contribution in [0.4, 0.5) is 0 Å². The fraction of sp³-hybridized carbons (Fsp3) is 0.286. The van der Waals surface area contributed by atoms with Gasteiger partial charge >= 0.3 is 5.97 Å². The Balaban J connectivity index is 2.90. The van der Waals surface area contributed by atoms with Crippen LogP contribution in [0.2, 0.25) is 0 Å². The van der Waals surface area contributed by atoms with Crippen LogP contribution >= 0.6 is 0 Å². The minimum Gasteiger partial charge on any atom is -0.464 e. The standard InChI is InChI=1S/C7H8N2O3/c1-12-7(11)6-2-3-8-9(6)4-5-10/h2-3,5H,4H2,1H3. The molecule has 0 atom stereocenters. The Morgan fingerprint density at radius 3 is 3.17 bits per heavy atom. The molecule has 5 nitrogen and oxygen atoms in total. The van der Waals surface area contributed by atoms with Gasteiger partial charge in [0.05, 0.1) is 13.7 Å². The lowest BCUT2D eigenvalue weighted by atomic mass is 10.4. The van der Waals surface area contributed by atoms with E-state index in [1.807, 2.05) is 0 Å². The second-order valence-electron chi connectivity index (χ2n) is 2.06. The van der Waals surface area contributed by atoms with Crippen molar-refractivity contribution in [3.05, 3.63) is 18.0 Å². The van der Waals surface area contributed by atoms with Gasteiger partial charge in [-0.25, -0.2) is 4.79 Å². The van der Waals surface area contributed by atoms with Gasteiger partial charge in [0.15, 0.2) is 0 Å². The number of hydrogen-bond acceptors (Lipinski definition) is 4. The summed E-state index contributed by atoms with van der Waals surface area (Å²) in [6.45, 7) is 0.0669. The summed E-state index contributed by atoms with van der Waals surface area (Å²) in [5.74, 6) is -0.491. The lowest BCUT2D eigenvalue weighted by Gasteiger charge is -2.00. The lowest BCUT2D eigenvalue weighted by molar-refractivity contribution is -0.108. The highest BCUT2D eigenvalue weighted by Gasteiger charge is 2.10. The van der Waals surface area contributed by atoms with Crippen molar-refractivity contribution in [2.75, 3.05) is 7.11 Å². The molecule has 0 radical (unpaired) electrons. The second kappa shape index (κ2) is 3.66. The van der Waals surface area contributed by atoms with Crippen LogP contribution in [-0.4, -0.2) is 29.1 Å². The van der Waals surface area contributed by atoms with E-state index in [4.69, 9.17) is 0 Å². The Morgan fingerprint density at radius 2 is 2.58 bits per heavy atom. The van der Waals surface area contributed by atoms with Gasteiger partial charge in [-0.3, -0.25) is 4.68 Å². The van der Waals surface area contributed by atoms with Gasteiger partial charge in [-0.05, 0) is 6.07 Å². The number of nitrogens with zero attached hydrogens (tertiary/aromatic N) is 2. The number of rotatable bonds is 3. The van der Waals surface area contributed by atoms with Gasteiger partial charge in [0, 0.05) is 6.20 Å². The molecule has 5 heteroatoms. The molecule has 0 aliphatic carbocycles. The quantitative estimate of drug-likeness (QED) is 0.466. The number of carbonyl (C=O) groups excluding carboxylic acids is 2. The lowest BCUT2D eigenvalue weighted by Crippen LogP contribution is -2.12. The van der Waals surface area contributed by atoms with Crippen molar-refractivity contribution in [1.82, 2.24) is 9.78 Å². The fourth-order valence-electron chi connectivity index (χ4n) is 0.827. The summed E-state index contributed by atoms with van der Waals surface area (Å²) in [4.78, 5) is 21.1. The molecular weight excluding hydrogens is 160 g/mol. The molecule has 0 aromatic carbocycles. The Bertz CT molecular complexity index is 293. The first kappa shape index (κ1) is 8.45. The molecule has 1 aromatic heterocycles. The number of methoxy groups -OCH3 is 1. The molecule has 0 saturated heterocycles. The maximum Gasteiger partial charge on any atom is 0.356 e. The zero-order valence-corrected chi connectivity index (χ0v) is 6.56. The van der Waals surface area contributed by atoms with Crippen LogP contribution in [0, 0.1) is 0 Å². The van der Waals surface area contributed by atoms with Gasteiger partial charge < -0.3 is 9.53 Å². The number of hydrogen-bond donors (Lipinski definition) is 0. The summed E-state index contributed by atoms with van der Waals surface area (Å²) in [5, 5.41) is 3.76. The Morgan fingerprint density at radius 1 is 1.83 bits per heavy atom. The molecule has 64 valence electrons. The average molecular weight is 168 g/mol. The van der Waals surface area contributed by atoms with Crippen LogP contribution in [-0.2, 0) is 16.1 Å². The molecule has 0 N–H and O–H groups in total. The van der Waals surface area contributed by atoms with Gasteiger partial charge in [0.25, 0.3) is 0 Å². The average Bonchev–Trinajstić information content (AvgIpc) is 2.52. The molecule has 0 unspecified atom stereocenters. The predicted molar refractivity (Wildman–Crippen MR) is 39.6 cm³/mol. The third-order valence-corrected chi connectivity index (χ3v) is 1.36. The Hall–Kier alpha value is -1.65. The van der Waals surface area contributed by atoms with E-state index in [0.717, 1.165) is 0 Å². The molecule has 0 aliphatic rings. The van der Waals surface area contributed by atoms with E-state index in [9.17, 15) is 9.59 Å². The molecule has 0 spiro atoms. The first-order valence-corrected chi connectivity index (χ1v) is 3.33. The Labute approximate surface area is 68.9 Å². The highest BCUT2D eigenvalue weighted by molar-refractivity contribution is 5.87. The maximum absolute atomic E-state index is 11.0. The van der Waals surface area contributed by atoms with Crippen molar-refractivity contribution in [3.8, 4) is 0 Å². The van der Waals surface area contributed by atoms with Gasteiger partial charge in [-0.15, -0.1) is 0 Å². The first-order chi connectivity index (χ1) is 5.79. The van der Waals surface area contributed by atoms with E-state index in [1.54, 1.807) is 0 Å². The van der Waals surface area contributed by atoms with Crippen LogP contribution in [0.25, 0.3) is 0 Å². The molecule has 1 heterocycles. The zero-order valence-electron chi connectivity index (χ0n) is 6.56. The molecule has 0 bridgehead atoms. The van der Waals surface area contributed by atoms with E-state index in [1.165, 1.54) is 24.1 Å². The molecule has 0 aliphatic heterocycles. The van der Waals surface area contributed by atoms with Crippen LogP contribution in [0.3, 0.4) is 0 Å². The largest absolute Gasteiger partial charge is 0.464 e. The van der Waals surface area contributed by atoms with Crippen molar-refractivity contribution in [2.24, 2.45) is 0 Å². The number of ether oxygens (including phenoxy) is 1. The highest BCUT2D eigenvalue weighted by Crippen LogP contribution is 1.99. The van der Waals surface area contributed by atoms with E-state index in [2.05, 4.69) is 9.84 Å². The summed E-state index contributed by atoms with van der Waals surface area (Å²) in [7, 11) is 1.28. The molecule has 1 rings (SSSR count). The molecule has 0 fully saturated rings. The molecule has 12 heavy (non-hydrogen) atoms. The normalized spacial score (nSPS) is 9.42. The minimum atomic E-state index is -0.491. The Kier molecular flexibility index (Phi) is 2.57. The molecule has 0 amide bonds. The van der Waals surface area contributed by atoms with E-state index >= 15 is 0 Å². The highest BCUT2D eigenvalue weighted by atomic mass is 16.5. The summed E-state index contributed by atoms with van der Waals surface area (Å²) in [6, 6.07) is 1.50. The maximum atomic E-state index is 11.0. The number of aromatic nitrogens is 2. The van der Waals surface area contributed by atoms with Gasteiger partial charge in [-0.2, -0.15) is 5.10 Å². The molecular formula is C7H8N2O3. The van der Waals surface area contributed by atoms with Gasteiger partial charge in [-0.1, -0.05) is 0 Å². The summed E-state index contributed by atoms with van der Waals surface area (Å²) < 4.78 is 5.74. The topological polar surface area (TPSA) is 61.2 Å². The predicted octanol–water partition coefficient (Wildman–Crippen LogP) is -0.131. The summed E-state index contributed by atoms with van der Waals surface area (Å²) in [5.41, 5.74) is 0.282. The van der Waals surface area contributed by atoms with Gasteiger partial charge in [0.1, 0.15) is 12.0 Å². The minimum absolute atomic E-state index is 0.0669. The smallest absolute Gasteiger partial charge is 0.356 e. The van der Waals surface area contributed by atoms with Crippen molar-refractivity contribution >= 4 is 12.3 Å². The van der Waals surface area contributed by atoms with E-state index < -0.39 is 5.97 Å². The number of esters is 1. The van der Waals surface area contributed by atoms with E-state index in [0.29, 0.717) is 6.29 Å². The number of aldehydes is 1. The third-order valence-electron chi connectivity index (χ3n) is 1.36. The van der Waals surface area contributed by atoms with Crippen molar-refractivity contribution in [3.63, 3.8) is 0 Å². The second-order valence-corrected chi connectivity index (χ2v) is 2.06. The van der Waals surface area contributed by atoms with E-state index in [-0.39, 0.29) is 12.2 Å². The molecule has 1 aromatic rings. The van der Waals surface area contributed by atoms with Crippen LogP contribution in [0.5, 0.6) is 0 Å². The molecule has 0 saturated carbocycles. The summed E-state index contributed by atoms with van der Waals surface area (Å²) >= 11 is 0. The third kappa shape index (κ3) is 1.50. The zero-order chi connectivity index (χ0) is 8.97. The number of carbonyl (C=O) groups is 2.